The molecule has 0 atom stereocenters. The molecule has 0 unspecified atom stereocenters. The van der Waals surface area contributed by atoms with Crippen molar-refractivity contribution in [3.8, 4) is 11.7 Å². The van der Waals surface area contributed by atoms with Crippen LogP contribution in [-0.4, -0.2) is 21.3 Å². The Morgan fingerprint density at radius 3 is 2.79 bits per heavy atom. The minimum atomic E-state index is -0.237. The first-order valence-corrected chi connectivity index (χ1v) is 7.30. The molecule has 118 valence electrons. The van der Waals surface area contributed by atoms with Crippen molar-refractivity contribution < 1.29 is 13.7 Å². The lowest BCUT2D eigenvalue weighted by Gasteiger charge is -2.05. The Labute approximate surface area is 136 Å². The van der Waals surface area contributed by atoms with E-state index in [9.17, 15) is 4.79 Å². The molecule has 4 aromatic rings. The van der Waals surface area contributed by atoms with Crippen molar-refractivity contribution in [1.29, 1.82) is 0 Å². The van der Waals surface area contributed by atoms with E-state index >= 15 is 0 Å². The van der Waals surface area contributed by atoms with Crippen LogP contribution in [0, 0.1) is 0 Å². The molecule has 2 heterocycles. The SMILES string of the molecule is O=C(Cc1cccc2ccccc12)Nc1nnc(-c2ccno2)o1. The fourth-order valence-electron chi connectivity index (χ4n) is 2.48. The number of fused-ring (bicyclic) bond motifs is 1. The summed E-state index contributed by atoms with van der Waals surface area (Å²) >= 11 is 0. The number of hydrogen-bond donors (Lipinski definition) is 1. The van der Waals surface area contributed by atoms with E-state index in [-0.39, 0.29) is 24.2 Å². The van der Waals surface area contributed by atoms with E-state index < -0.39 is 0 Å². The van der Waals surface area contributed by atoms with Crippen molar-refractivity contribution in [3.63, 3.8) is 0 Å². The van der Waals surface area contributed by atoms with Crippen LogP contribution >= 0.6 is 0 Å². The number of nitrogens with one attached hydrogen (secondary N) is 1. The van der Waals surface area contributed by atoms with Crippen molar-refractivity contribution >= 4 is 22.7 Å². The summed E-state index contributed by atoms with van der Waals surface area (Å²) in [6.07, 6.45) is 1.68. The summed E-state index contributed by atoms with van der Waals surface area (Å²) < 4.78 is 10.3. The maximum atomic E-state index is 12.2. The summed E-state index contributed by atoms with van der Waals surface area (Å²) in [7, 11) is 0. The van der Waals surface area contributed by atoms with Gasteiger partial charge in [-0.15, -0.1) is 5.10 Å². The molecular weight excluding hydrogens is 308 g/mol. The minimum absolute atomic E-state index is 0.0200. The summed E-state index contributed by atoms with van der Waals surface area (Å²) in [5, 5.41) is 15.9. The first-order chi connectivity index (χ1) is 11.8. The molecule has 2 aromatic heterocycles. The molecule has 0 fully saturated rings. The predicted molar refractivity (Wildman–Crippen MR) is 86.1 cm³/mol. The van der Waals surface area contributed by atoms with Gasteiger partial charge in [-0.1, -0.05) is 52.7 Å². The van der Waals surface area contributed by atoms with Gasteiger partial charge in [0.1, 0.15) is 0 Å². The average Bonchev–Trinajstić information content (AvgIpc) is 3.26. The third-order valence-corrected chi connectivity index (χ3v) is 3.55. The quantitative estimate of drug-likeness (QED) is 0.621. The first kappa shape index (κ1) is 14.1. The second-order valence-electron chi connectivity index (χ2n) is 5.15. The van der Waals surface area contributed by atoms with E-state index in [1.54, 1.807) is 6.07 Å². The van der Waals surface area contributed by atoms with Crippen molar-refractivity contribution in [1.82, 2.24) is 15.4 Å². The molecular formula is C17H12N4O3. The summed E-state index contributed by atoms with van der Waals surface area (Å²) in [5.41, 5.74) is 0.931. The standard InChI is InChI=1S/C17H12N4O3/c22-15(10-12-6-3-5-11-4-1-2-7-13(11)12)19-17-21-20-16(23-17)14-8-9-18-24-14/h1-9H,10H2,(H,19,21,22). The maximum Gasteiger partial charge on any atom is 0.322 e. The Kier molecular flexibility index (Phi) is 3.51. The molecule has 7 nitrogen and oxygen atoms in total. The van der Waals surface area contributed by atoms with Crippen LogP contribution in [-0.2, 0) is 11.2 Å². The van der Waals surface area contributed by atoms with E-state index in [1.165, 1.54) is 6.20 Å². The number of aromatic nitrogens is 3. The van der Waals surface area contributed by atoms with Gasteiger partial charge in [0.15, 0.2) is 0 Å². The van der Waals surface area contributed by atoms with Crippen LogP contribution in [0.25, 0.3) is 22.4 Å². The van der Waals surface area contributed by atoms with Crippen LogP contribution in [0.3, 0.4) is 0 Å². The smallest absolute Gasteiger partial charge is 0.322 e. The van der Waals surface area contributed by atoms with Crippen LogP contribution < -0.4 is 5.32 Å². The molecule has 4 rings (SSSR count). The lowest BCUT2D eigenvalue weighted by molar-refractivity contribution is -0.115. The lowest BCUT2D eigenvalue weighted by atomic mass is 10.0. The van der Waals surface area contributed by atoms with Gasteiger partial charge in [0.2, 0.25) is 11.7 Å². The van der Waals surface area contributed by atoms with E-state index in [4.69, 9.17) is 8.94 Å². The number of nitrogens with zero attached hydrogens (tertiary/aromatic N) is 3. The number of carbonyl (C=O) groups is 1. The third kappa shape index (κ3) is 2.74. The largest absolute Gasteiger partial charge is 0.400 e. The van der Waals surface area contributed by atoms with Crippen LogP contribution in [0.2, 0.25) is 0 Å². The van der Waals surface area contributed by atoms with E-state index in [1.807, 2.05) is 42.5 Å². The Bertz CT molecular complexity index is 987. The van der Waals surface area contributed by atoms with E-state index in [2.05, 4.69) is 20.7 Å². The molecule has 0 aliphatic rings. The van der Waals surface area contributed by atoms with Crippen molar-refractivity contribution in [2.45, 2.75) is 6.42 Å². The number of anilines is 1. The second kappa shape index (κ2) is 5.96. The molecule has 0 saturated carbocycles. The molecule has 0 spiro atoms. The summed E-state index contributed by atoms with van der Waals surface area (Å²) in [6, 6.07) is 15.4. The molecule has 24 heavy (non-hydrogen) atoms. The van der Waals surface area contributed by atoms with Gasteiger partial charge in [-0.05, 0) is 16.3 Å². The predicted octanol–water partition coefficient (Wildman–Crippen LogP) is 3.06. The van der Waals surface area contributed by atoms with Gasteiger partial charge < -0.3 is 8.94 Å². The highest BCUT2D eigenvalue weighted by molar-refractivity contribution is 5.95. The molecule has 0 saturated heterocycles. The summed E-state index contributed by atoms with van der Waals surface area (Å²) in [4.78, 5) is 12.2. The number of amides is 1. The number of hydrogen-bond acceptors (Lipinski definition) is 6. The minimum Gasteiger partial charge on any atom is -0.400 e. The molecule has 0 bridgehead atoms. The van der Waals surface area contributed by atoms with Gasteiger partial charge in [-0.2, -0.15) is 0 Å². The van der Waals surface area contributed by atoms with Crippen molar-refractivity contribution in [3.05, 3.63) is 60.3 Å². The Morgan fingerprint density at radius 1 is 1.04 bits per heavy atom. The highest BCUT2D eigenvalue weighted by atomic mass is 16.5. The number of rotatable bonds is 4. The van der Waals surface area contributed by atoms with Gasteiger partial charge in [-0.3, -0.25) is 10.1 Å². The normalized spacial score (nSPS) is 10.8. The fourth-order valence-corrected chi connectivity index (χ4v) is 2.48. The third-order valence-electron chi connectivity index (χ3n) is 3.55. The Hall–Kier alpha value is -3.48. The van der Waals surface area contributed by atoms with E-state index in [0.29, 0.717) is 5.76 Å². The molecule has 0 radical (unpaired) electrons. The monoisotopic (exact) mass is 320 g/mol. The highest BCUT2D eigenvalue weighted by Crippen LogP contribution is 2.21. The molecule has 7 heteroatoms. The van der Waals surface area contributed by atoms with Crippen molar-refractivity contribution in [2.75, 3.05) is 5.32 Å². The van der Waals surface area contributed by atoms with Gasteiger partial charge in [0, 0.05) is 6.07 Å². The summed E-state index contributed by atoms with van der Waals surface area (Å²) in [6.45, 7) is 0. The van der Waals surface area contributed by atoms with Crippen molar-refractivity contribution in [2.24, 2.45) is 0 Å². The molecule has 0 aliphatic heterocycles. The number of carbonyl (C=O) groups excluding carboxylic acids is 1. The van der Waals surface area contributed by atoms with Gasteiger partial charge >= 0.3 is 6.01 Å². The zero-order chi connectivity index (χ0) is 16.4. The average molecular weight is 320 g/mol. The number of benzene rings is 2. The molecule has 2 aromatic carbocycles. The molecule has 1 amide bonds. The van der Waals surface area contributed by atoms with Crippen LogP contribution in [0.1, 0.15) is 5.56 Å². The lowest BCUT2D eigenvalue weighted by Crippen LogP contribution is -2.14. The highest BCUT2D eigenvalue weighted by Gasteiger charge is 2.14. The van der Waals surface area contributed by atoms with Gasteiger partial charge in [0.25, 0.3) is 5.89 Å². The topological polar surface area (TPSA) is 94.1 Å². The maximum absolute atomic E-state index is 12.2. The van der Waals surface area contributed by atoms with Gasteiger partial charge in [0.05, 0.1) is 12.6 Å². The Morgan fingerprint density at radius 2 is 1.92 bits per heavy atom. The van der Waals surface area contributed by atoms with Crippen LogP contribution in [0.4, 0.5) is 6.01 Å². The second-order valence-corrected chi connectivity index (χ2v) is 5.15. The fraction of sp³-hybridized carbons (Fsp3) is 0.0588. The van der Waals surface area contributed by atoms with Crippen LogP contribution in [0.15, 0.2) is 63.7 Å². The van der Waals surface area contributed by atoms with E-state index in [0.717, 1.165) is 16.3 Å². The first-order valence-electron chi connectivity index (χ1n) is 7.30. The zero-order valence-corrected chi connectivity index (χ0v) is 12.5. The van der Waals surface area contributed by atoms with Crippen LogP contribution in [0.5, 0.6) is 0 Å². The molecule has 1 N–H and O–H groups in total. The van der Waals surface area contributed by atoms with Gasteiger partial charge in [-0.25, -0.2) is 0 Å². The Balaban J connectivity index is 1.50. The molecule has 0 aliphatic carbocycles. The summed E-state index contributed by atoms with van der Waals surface area (Å²) in [5.74, 6) is 0.268. The zero-order valence-electron chi connectivity index (χ0n) is 12.5.